The molecular formula is C18H21F3N2OS. The van der Waals surface area contributed by atoms with Crippen molar-refractivity contribution in [3.05, 3.63) is 46.5 Å². The van der Waals surface area contributed by atoms with Crippen LogP contribution in [-0.2, 0) is 6.18 Å². The Hall–Kier alpha value is -1.47. The molecule has 3 heterocycles. The summed E-state index contributed by atoms with van der Waals surface area (Å²) in [7, 11) is 0. The highest BCUT2D eigenvalue weighted by atomic mass is 32.2. The number of alkyl halides is 3. The molecular weight excluding hydrogens is 349 g/mol. The Morgan fingerprint density at radius 1 is 1.20 bits per heavy atom. The number of allylic oxidation sites excluding steroid dienone is 1. The molecule has 0 spiro atoms. The van der Waals surface area contributed by atoms with Gasteiger partial charge in [-0.05, 0) is 31.2 Å². The summed E-state index contributed by atoms with van der Waals surface area (Å²) in [5.74, 6) is -0.380. The molecule has 0 amide bonds. The highest BCUT2D eigenvalue weighted by molar-refractivity contribution is 8.02. The fraction of sp³-hybridized carbons (Fsp3) is 0.500. The number of hydrogen-bond donors (Lipinski definition) is 0. The molecule has 25 heavy (non-hydrogen) atoms. The van der Waals surface area contributed by atoms with Crippen molar-refractivity contribution >= 4 is 17.5 Å². The number of ketones is 1. The number of benzene rings is 1. The van der Waals surface area contributed by atoms with Gasteiger partial charge >= 0.3 is 6.18 Å². The molecule has 0 unspecified atom stereocenters. The molecule has 3 aliphatic heterocycles. The first-order chi connectivity index (χ1) is 11.9. The van der Waals surface area contributed by atoms with Gasteiger partial charge in [-0.2, -0.15) is 13.2 Å². The minimum absolute atomic E-state index is 0.0734. The second-order valence-corrected chi connectivity index (χ2v) is 7.22. The van der Waals surface area contributed by atoms with Gasteiger partial charge in [-0.25, -0.2) is 0 Å². The van der Waals surface area contributed by atoms with E-state index in [-0.39, 0.29) is 11.3 Å². The summed E-state index contributed by atoms with van der Waals surface area (Å²) in [6.07, 6.45) is 1.09. The van der Waals surface area contributed by atoms with E-state index in [1.807, 2.05) is 6.26 Å². The van der Waals surface area contributed by atoms with E-state index < -0.39 is 11.7 Å². The van der Waals surface area contributed by atoms with Gasteiger partial charge in [0, 0.05) is 43.9 Å². The second kappa shape index (κ2) is 7.41. The van der Waals surface area contributed by atoms with Gasteiger partial charge in [0.1, 0.15) is 0 Å². The normalized spacial score (nSPS) is 24.3. The highest BCUT2D eigenvalue weighted by Gasteiger charge is 2.32. The summed E-state index contributed by atoms with van der Waals surface area (Å²) in [4.78, 5) is 17.2. The van der Waals surface area contributed by atoms with Crippen LogP contribution in [0.3, 0.4) is 0 Å². The summed E-state index contributed by atoms with van der Waals surface area (Å²) in [5, 5.41) is 0.844. The number of rotatable bonds is 4. The van der Waals surface area contributed by atoms with Crippen LogP contribution in [0, 0.1) is 0 Å². The average molecular weight is 370 g/mol. The second-order valence-electron chi connectivity index (χ2n) is 6.40. The van der Waals surface area contributed by atoms with Crippen molar-refractivity contribution < 1.29 is 18.0 Å². The quantitative estimate of drug-likeness (QED) is 0.593. The van der Waals surface area contributed by atoms with Gasteiger partial charge in [-0.1, -0.05) is 12.1 Å². The van der Waals surface area contributed by atoms with E-state index in [1.54, 1.807) is 0 Å². The van der Waals surface area contributed by atoms with E-state index in [9.17, 15) is 18.0 Å². The number of hydrogen-bond acceptors (Lipinski definition) is 4. The van der Waals surface area contributed by atoms with Crippen molar-refractivity contribution in [2.75, 3.05) is 32.4 Å². The number of piperidine rings is 1. The summed E-state index contributed by atoms with van der Waals surface area (Å²) >= 11 is 1.48. The average Bonchev–Trinajstić information content (AvgIpc) is 2.93. The van der Waals surface area contributed by atoms with Gasteiger partial charge in [0.05, 0.1) is 10.6 Å². The summed E-state index contributed by atoms with van der Waals surface area (Å²) in [6, 6.07) is 5.04. The van der Waals surface area contributed by atoms with Crippen molar-refractivity contribution in [1.82, 2.24) is 9.80 Å². The zero-order chi connectivity index (χ0) is 18.0. The smallest absolute Gasteiger partial charge is 0.362 e. The molecule has 1 aromatic rings. The van der Waals surface area contributed by atoms with Crippen LogP contribution in [0.2, 0.25) is 0 Å². The van der Waals surface area contributed by atoms with Crippen molar-refractivity contribution in [2.24, 2.45) is 0 Å². The molecule has 3 aliphatic rings. The van der Waals surface area contributed by atoms with Gasteiger partial charge in [0.2, 0.25) is 0 Å². The van der Waals surface area contributed by atoms with Crippen molar-refractivity contribution in [1.29, 1.82) is 0 Å². The first-order valence-corrected chi connectivity index (χ1v) is 9.57. The van der Waals surface area contributed by atoms with Crippen LogP contribution in [0.4, 0.5) is 13.2 Å². The Labute approximate surface area is 149 Å². The van der Waals surface area contributed by atoms with Crippen LogP contribution in [0.1, 0.15) is 28.8 Å². The minimum atomic E-state index is -4.44. The van der Waals surface area contributed by atoms with E-state index in [1.165, 1.54) is 30.0 Å². The molecule has 7 heteroatoms. The Bertz CT molecular complexity index is 667. The number of fused-ring (bicyclic) bond motifs is 4. The van der Waals surface area contributed by atoms with Crippen LogP contribution in [-0.4, -0.2) is 54.1 Å². The molecule has 1 aromatic carbocycles. The largest absolute Gasteiger partial charge is 0.416 e. The van der Waals surface area contributed by atoms with E-state index >= 15 is 0 Å². The van der Waals surface area contributed by atoms with Crippen molar-refractivity contribution in [3.8, 4) is 0 Å². The van der Waals surface area contributed by atoms with Crippen LogP contribution in [0.25, 0.3) is 0 Å². The predicted octanol–water partition coefficient (Wildman–Crippen LogP) is 3.87. The van der Waals surface area contributed by atoms with Crippen molar-refractivity contribution in [3.63, 3.8) is 0 Å². The highest BCUT2D eigenvalue weighted by Crippen LogP contribution is 2.31. The molecule has 3 nitrogen and oxygen atoms in total. The van der Waals surface area contributed by atoms with Gasteiger partial charge in [-0.3, -0.25) is 4.79 Å². The maximum Gasteiger partial charge on any atom is 0.416 e. The molecule has 0 aromatic heterocycles. The SMILES string of the molecule is CSC(=CC(=O)c1cccc(C(F)(F)F)c1)N1CCN2CCC1CC2. The van der Waals surface area contributed by atoms with Crippen LogP contribution >= 0.6 is 11.8 Å². The zero-order valence-corrected chi connectivity index (χ0v) is 14.9. The maximum absolute atomic E-state index is 12.9. The zero-order valence-electron chi connectivity index (χ0n) is 14.1. The first-order valence-electron chi connectivity index (χ1n) is 8.35. The van der Waals surface area contributed by atoms with Gasteiger partial charge in [0.15, 0.2) is 5.78 Å². The summed E-state index contributed by atoms with van der Waals surface area (Å²) < 4.78 is 38.6. The topological polar surface area (TPSA) is 23.6 Å². The summed E-state index contributed by atoms with van der Waals surface area (Å²) in [6.45, 7) is 3.97. The molecule has 0 saturated carbocycles. The monoisotopic (exact) mass is 370 g/mol. The van der Waals surface area contributed by atoms with Crippen molar-refractivity contribution in [2.45, 2.75) is 25.1 Å². The number of nitrogens with zero attached hydrogens (tertiary/aromatic N) is 2. The van der Waals surface area contributed by atoms with E-state index in [0.29, 0.717) is 6.04 Å². The van der Waals surface area contributed by atoms with E-state index in [0.717, 1.165) is 56.2 Å². The molecule has 3 fully saturated rings. The van der Waals surface area contributed by atoms with Gasteiger partial charge in [-0.15, -0.1) is 11.8 Å². The Morgan fingerprint density at radius 2 is 1.92 bits per heavy atom. The third-order valence-electron chi connectivity index (χ3n) is 4.88. The number of carbonyl (C=O) groups is 1. The van der Waals surface area contributed by atoms with E-state index in [4.69, 9.17) is 0 Å². The Kier molecular flexibility index (Phi) is 5.43. The molecule has 0 N–H and O–H groups in total. The number of halogens is 3. The Balaban J connectivity index is 1.83. The third-order valence-corrected chi connectivity index (χ3v) is 5.65. The number of thioether (sulfide) groups is 1. The molecule has 2 bridgehead atoms. The van der Waals surface area contributed by atoms with Crippen LogP contribution in [0.5, 0.6) is 0 Å². The number of carbonyl (C=O) groups excluding carboxylic acids is 1. The standard InChI is InChI=1S/C18H21F3N2OS/c1-25-17(23-10-9-22-7-5-15(23)6-8-22)12-16(24)13-3-2-4-14(11-13)18(19,20)21/h2-4,11-12,15H,5-10H2,1H3. The molecule has 136 valence electrons. The minimum Gasteiger partial charge on any atom is -0.362 e. The molecule has 0 radical (unpaired) electrons. The fourth-order valence-corrected chi connectivity index (χ4v) is 4.18. The first kappa shape index (κ1) is 18.3. The Morgan fingerprint density at radius 3 is 2.56 bits per heavy atom. The van der Waals surface area contributed by atoms with Gasteiger partial charge < -0.3 is 9.80 Å². The predicted molar refractivity (Wildman–Crippen MR) is 93.5 cm³/mol. The lowest BCUT2D eigenvalue weighted by atomic mass is 10.0. The van der Waals surface area contributed by atoms with Crippen LogP contribution in [0.15, 0.2) is 35.4 Å². The maximum atomic E-state index is 12.9. The molecule has 0 atom stereocenters. The molecule has 3 saturated heterocycles. The lowest BCUT2D eigenvalue weighted by Gasteiger charge is -2.33. The summed E-state index contributed by atoms with van der Waals surface area (Å²) in [5.41, 5.74) is -0.720. The lowest BCUT2D eigenvalue weighted by Crippen LogP contribution is -2.37. The molecule has 0 aliphatic carbocycles. The van der Waals surface area contributed by atoms with Gasteiger partial charge in [0.25, 0.3) is 0 Å². The lowest BCUT2D eigenvalue weighted by molar-refractivity contribution is -0.137. The molecule has 4 rings (SSSR count). The fourth-order valence-electron chi connectivity index (χ4n) is 3.48. The third kappa shape index (κ3) is 4.20. The van der Waals surface area contributed by atoms with E-state index in [2.05, 4.69) is 9.80 Å². The van der Waals surface area contributed by atoms with Crippen LogP contribution < -0.4 is 0 Å².